The quantitative estimate of drug-likeness (QED) is 0.848. The van der Waals surface area contributed by atoms with Gasteiger partial charge in [-0.2, -0.15) is 0 Å². The van der Waals surface area contributed by atoms with E-state index in [4.69, 9.17) is 9.40 Å². The highest BCUT2D eigenvalue weighted by molar-refractivity contribution is 5.42. The van der Waals surface area contributed by atoms with Gasteiger partial charge < -0.3 is 14.6 Å². The fourth-order valence-electron chi connectivity index (χ4n) is 2.62. The van der Waals surface area contributed by atoms with E-state index in [2.05, 4.69) is 28.4 Å². The molecule has 0 atom stereocenters. The Bertz CT molecular complexity index is 588. The van der Waals surface area contributed by atoms with Crippen molar-refractivity contribution in [1.82, 2.24) is 10.3 Å². The van der Waals surface area contributed by atoms with Crippen molar-refractivity contribution < 1.29 is 4.42 Å². The van der Waals surface area contributed by atoms with Gasteiger partial charge in [0.2, 0.25) is 0 Å². The Balaban J connectivity index is 1.49. The first kappa shape index (κ1) is 12.9. The summed E-state index contributed by atoms with van der Waals surface area (Å²) in [6.45, 7) is 1.68. The van der Waals surface area contributed by atoms with Gasteiger partial charge in [0.15, 0.2) is 0 Å². The van der Waals surface area contributed by atoms with Crippen LogP contribution in [-0.2, 0) is 13.1 Å². The van der Waals surface area contributed by atoms with E-state index in [1.807, 2.05) is 12.1 Å². The Labute approximate surface area is 125 Å². The molecule has 2 aliphatic carbocycles. The molecule has 21 heavy (non-hydrogen) atoms. The minimum Gasteiger partial charge on any atom is -0.467 e. The van der Waals surface area contributed by atoms with Gasteiger partial charge in [-0.05, 0) is 49.9 Å². The van der Waals surface area contributed by atoms with Crippen LogP contribution in [0.25, 0.3) is 0 Å². The standard InChI is InChI=1S/C17H21N3O/c1-3-14(11-18-13-6-7-13)19-17(5-1)20(15-8-9-15)12-16-4-2-10-21-16/h1-5,10,13,15,18H,6-9,11-12H2. The van der Waals surface area contributed by atoms with Gasteiger partial charge >= 0.3 is 0 Å². The maximum absolute atomic E-state index is 5.50. The first-order valence-corrected chi connectivity index (χ1v) is 7.87. The van der Waals surface area contributed by atoms with Gasteiger partial charge in [-0.1, -0.05) is 6.07 Å². The van der Waals surface area contributed by atoms with E-state index in [0.717, 1.165) is 36.4 Å². The molecular weight excluding hydrogens is 262 g/mol. The van der Waals surface area contributed by atoms with E-state index in [1.54, 1.807) is 6.26 Å². The average molecular weight is 283 g/mol. The monoisotopic (exact) mass is 283 g/mol. The number of furan rings is 1. The third kappa shape index (κ3) is 3.27. The summed E-state index contributed by atoms with van der Waals surface area (Å²) in [4.78, 5) is 7.21. The maximum Gasteiger partial charge on any atom is 0.129 e. The molecule has 0 aromatic carbocycles. The second-order valence-electron chi connectivity index (χ2n) is 6.08. The zero-order chi connectivity index (χ0) is 14.1. The Morgan fingerprint density at radius 1 is 1.14 bits per heavy atom. The summed E-state index contributed by atoms with van der Waals surface area (Å²) >= 11 is 0. The molecule has 2 aromatic heterocycles. The van der Waals surface area contributed by atoms with Crippen LogP contribution in [0.15, 0.2) is 41.0 Å². The fourth-order valence-corrected chi connectivity index (χ4v) is 2.62. The molecule has 2 aliphatic rings. The van der Waals surface area contributed by atoms with E-state index in [0.29, 0.717) is 6.04 Å². The maximum atomic E-state index is 5.50. The van der Waals surface area contributed by atoms with Crippen LogP contribution in [0.4, 0.5) is 5.82 Å². The third-order valence-electron chi connectivity index (χ3n) is 4.13. The molecule has 0 saturated heterocycles. The van der Waals surface area contributed by atoms with Crippen molar-refractivity contribution in [2.24, 2.45) is 0 Å². The molecule has 4 rings (SSSR count). The van der Waals surface area contributed by atoms with Crippen LogP contribution in [-0.4, -0.2) is 17.1 Å². The van der Waals surface area contributed by atoms with Crippen LogP contribution in [0.5, 0.6) is 0 Å². The highest BCUT2D eigenvalue weighted by atomic mass is 16.3. The van der Waals surface area contributed by atoms with Crippen LogP contribution in [0.1, 0.15) is 37.1 Å². The molecule has 2 fully saturated rings. The summed E-state index contributed by atoms with van der Waals surface area (Å²) in [6.07, 6.45) is 6.88. The normalized spacial score (nSPS) is 17.9. The molecule has 0 unspecified atom stereocenters. The number of pyridine rings is 1. The molecule has 0 radical (unpaired) electrons. The average Bonchev–Trinajstić information content (AvgIpc) is 3.44. The Morgan fingerprint density at radius 3 is 2.76 bits per heavy atom. The van der Waals surface area contributed by atoms with Gasteiger partial charge in [0.25, 0.3) is 0 Å². The van der Waals surface area contributed by atoms with Crippen LogP contribution >= 0.6 is 0 Å². The fraction of sp³-hybridized carbons (Fsp3) is 0.471. The minimum absolute atomic E-state index is 0.620. The number of rotatable bonds is 7. The van der Waals surface area contributed by atoms with Gasteiger partial charge in [0, 0.05) is 18.6 Å². The lowest BCUT2D eigenvalue weighted by atomic mass is 10.3. The van der Waals surface area contributed by atoms with E-state index >= 15 is 0 Å². The van der Waals surface area contributed by atoms with Gasteiger partial charge in [0.05, 0.1) is 18.5 Å². The molecule has 110 valence electrons. The smallest absolute Gasteiger partial charge is 0.129 e. The number of aromatic nitrogens is 1. The predicted octanol–water partition coefficient (Wildman–Crippen LogP) is 3.10. The lowest BCUT2D eigenvalue weighted by Crippen LogP contribution is -2.26. The SMILES string of the molecule is c1cc(CNC2CC2)nc(N(Cc2ccco2)C2CC2)c1. The molecule has 0 bridgehead atoms. The molecule has 1 N–H and O–H groups in total. The van der Waals surface area contributed by atoms with E-state index in [-0.39, 0.29) is 0 Å². The second kappa shape index (κ2) is 5.53. The van der Waals surface area contributed by atoms with E-state index < -0.39 is 0 Å². The van der Waals surface area contributed by atoms with E-state index in [9.17, 15) is 0 Å². The predicted molar refractivity (Wildman–Crippen MR) is 82.0 cm³/mol. The largest absolute Gasteiger partial charge is 0.467 e. The molecule has 2 saturated carbocycles. The van der Waals surface area contributed by atoms with Gasteiger partial charge in [-0.3, -0.25) is 0 Å². The molecule has 4 nitrogen and oxygen atoms in total. The number of hydrogen-bond acceptors (Lipinski definition) is 4. The number of nitrogens with one attached hydrogen (secondary N) is 1. The van der Waals surface area contributed by atoms with Gasteiger partial charge in [0.1, 0.15) is 11.6 Å². The van der Waals surface area contributed by atoms with Crippen molar-refractivity contribution in [3.63, 3.8) is 0 Å². The molecule has 0 aliphatic heterocycles. The summed E-state index contributed by atoms with van der Waals surface area (Å²) < 4.78 is 5.50. The van der Waals surface area contributed by atoms with Crippen molar-refractivity contribution in [2.75, 3.05) is 4.90 Å². The molecule has 4 heteroatoms. The molecule has 0 amide bonds. The number of nitrogens with zero attached hydrogens (tertiary/aromatic N) is 2. The molecule has 0 spiro atoms. The summed E-state index contributed by atoms with van der Waals surface area (Å²) in [7, 11) is 0. The van der Waals surface area contributed by atoms with E-state index in [1.165, 1.54) is 25.7 Å². The number of anilines is 1. The van der Waals surface area contributed by atoms with Crippen LogP contribution in [0, 0.1) is 0 Å². The van der Waals surface area contributed by atoms with Crippen LogP contribution in [0.3, 0.4) is 0 Å². The van der Waals surface area contributed by atoms with Crippen molar-refractivity contribution in [2.45, 2.75) is 50.9 Å². The first-order chi connectivity index (χ1) is 10.4. The third-order valence-corrected chi connectivity index (χ3v) is 4.13. The summed E-state index contributed by atoms with van der Waals surface area (Å²) in [5, 5.41) is 3.53. The Kier molecular flexibility index (Phi) is 3.39. The van der Waals surface area contributed by atoms with Crippen molar-refractivity contribution in [3.05, 3.63) is 48.0 Å². The van der Waals surface area contributed by atoms with Crippen molar-refractivity contribution >= 4 is 5.82 Å². The lowest BCUT2D eigenvalue weighted by Gasteiger charge is -2.23. The Hall–Kier alpha value is -1.81. The summed E-state index contributed by atoms with van der Waals surface area (Å²) in [6, 6.07) is 11.7. The molecule has 2 aromatic rings. The minimum atomic E-state index is 0.620. The highest BCUT2D eigenvalue weighted by Crippen LogP contribution is 2.32. The summed E-state index contributed by atoms with van der Waals surface area (Å²) in [5.74, 6) is 2.08. The van der Waals surface area contributed by atoms with Crippen molar-refractivity contribution in [1.29, 1.82) is 0 Å². The van der Waals surface area contributed by atoms with Crippen LogP contribution in [0.2, 0.25) is 0 Å². The van der Waals surface area contributed by atoms with Gasteiger partial charge in [-0.15, -0.1) is 0 Å². The second-order valence-corrected chi connectivity index (χ2v) is 6.08. The molecular formula is C17H21N3O. The highest BCUT2D eigenvalue weighted by Gasteiger charge is 2.30. The van der Waals surface area contributed by atoms with Crippen molar-refractivity contribution in [3.8, 4) is 0 Å². The zero-order valence-corrected chi connectivity index (χ0v) is 12.2. The number of hydrogen-bond donors (Lipinski definition) is 1. The topological polar surface area (TPSA) is 41.3 Å². The first-order valence-electron chi connectivity index (χ1n) is 7.87. The van der Waals surface area contributed by atoms with Gasteiger partial charge in [-0.25, -0.2) is 4.98 Å². The summed E-state index contributed by atoms with van der Waals surface area (Å²) in [5.41, 5.74) is 1.13. The lowest BCUT2D eigenvalue weighted by molar-refractivity contribution is 0.500. The Morgan fingerprint density at radius 2 is 2.05 bits per heavy atom. The zero-order valence-electron chi connectivity index (χ0n) is 12.2. The van der Waals surface area contributed by atoms with Crippen LogP contribution < -0.4 is 10.2 Å². The molecule has 2 heterocycles.